The predicted molar refractivity (Wildman–Crippen MR) is 148 cm³/mol. The van der Waals surface area contributed by atoms with Crippen molar-refractivity contribution in [1.29, 1.82) is 0 Å². The minimum absolute atomic E-state index is 0.0194. The van der Waals surface area contributed by atoms with Crippen LogP contribution in [-0.4, -0.2) is 74.9 Å². The summed E-state index contributed by atoms with van der Waals surface area (Å²) in [5.41, 5.74) is 5.50. The number of hydrogen-bond donors (Lipinski definition) is 3. The van der Waals surface area contributed by atoms with Gasteiger partial charge in [0.1, 0.15) is 35.7 Å². The summed E-state index contributed by atoms with van der Waals surface area (Å²) in [6.07, 6.45) is -5.16. The van der Waals surface area contributed by atoms with Crippen molar-refractivity contribution >= 4 is 38.3 Å². The highest BCUT2D eigenvalue weighted by Gasteiger charge is 2.48. The third kappa shape index (κ3) is 7.21. The number of nitrogen functional groups attached to an aromatic ring is 1. The van der Waals surface area contributed by atoms with Crippen molar-refractivity contribution in [3.63, 3.8) is 0 Å². The van der Waals surface area contributed by atoms with Crippen LogP contribution in [0.2, 0.25) is 0 Å². The van der Waals surface area contributed by atoms with Crippen molar-refractivity contribution in [2.45, 2.75) is 57.5 Å². The van der Waals surface area contributed by atoms with Crippen LogP contribution >= 0.6 is 15.3 Å². The molecule has 2 aromatic heterocycles. The summed E-state index contributed by atoms with van der Waals surface area (Å²) in [5, 5.41) is 13.0. The Hall–Kier alpha value is -2.81. The molecule has 0 bridgehead atoms. The summed E-state index contributed by atoms with van der Waals surface area (Å²) in [6, 6.07) is 8.94. The van der Waals surface area contributed by atoms with Gasteiger partial charge in [0.15, 0.2) is 23.9 Å². The van der Waals surface area contributed by atoms with Crippen molar-refractivity contribution in [3.05, 3.63) is 48.0 Å². The van der Waals surface area contributed by atoms with Crippen molar-refractivity contribution < 1.29 is 46.3 Å². The van der Waals surface area contributed by atoms with E-state index in [0.29, 0.717) is 5.82 Å². The third-order valence-corrected chi connectivity index (χ3v) is 10.1. The lowest BCUT2D eigenvalue weighted by molar-refractivity contribution is -0.150. The highest BCUT2D eigenvalue weighted by molar-refractivity contribution is 7.66. The molecule has 3 heterocycles. The number of alkyl halides is 1. The van der Waals surface area contributed by atoms with E-state index in [1.807, 2.05) is 6.07 Å². The van der Waals surface area contributed by atoms with Crippen LogP contribution in [0.3, 0.4) is 0 Å². The molecular formula is C24H33FN6O9P2. The highest BCUT2D eigenvalue weighted by atomic mass is 31.3. The fourth-order valence-electron chi connectivity index (χ4n) is 4.25. The minimum Gasteiger partial charge on any atom is -0.459 e. The molecule has 0 aliphatic carbocycles. The van der Waals surface area contributed by atoms with E-state index in [0.717, 1.165) is 19.3 Å². The van der Waals surface area contributed by atoms with Crippen molar-refractivity contribution in [3.8, 4) is 0 Å². The van der Waals surface area contributed by atoms with E-state index in [-0.39, 0.29) is 23.6 Å². The molecule has 0 radical (unpaired) electrons. The van der Waals surface area contributed by atoms with Gasteiger partial charge in [-0.25, -0.2) is 33.3 Å². The first-order valence-corrected chi connectivity index (χ1v) is 16.2. The van der Waals surface area contributed by atoms with Gasteiger partial charge in [-0.15, -0.1) is 0 Å². The number of esters is 1. The highest BCUT2D eigenvalue weighted by Crippen LogP contribution is 2.62. The van der Waals surface area contributed by atoms with E-state index in [1.165, 1.54) is 24.7 Å². The molecule has 6 atom stereocenters. The number of fused-ring (bicyclic) bond motifs is 1. The quantitative estimate of drug-likeness (QED) is 0.195. The van der Waals surface area contributed by atoms with Gasteiger partial charge in [-0.2, -0.15) is 0 Å². The van der Waals surface area contributed by atoms with Crippen LogP contribution in [0.15, 0.2) is 36.7 Å². The predicted octanol–water partition coefficient (Wildman–Crippen LogP) is 3.04. The second-order valence-electron chi connectivity index (χ2n) is 10.1. The lowest BCUT2D eigenvalue weighted by Crippen LogP contribution is -2.46. The van der Waals surface area contributed by atoms with Crippen LogP contribution < -0.4 is 10.8 Å². The van der Waals surface area contributed by atoms with Gasteiger partial charge < -0.3 is 20.3 Å². The fourth-order valence-corrected chi connectivity index (χ4v) is 7.93. The summed E-state index contributed by atoms with van der Waals surface area (Å²) < 4.78 is 69.1. The maximum absolute atomic E-state index is 15.1. The normalized spacial score (nSPS) is 23.9. The molecule has 230 valence electrons. The van der Waals surface area contributed by atoms with Crippen LogP contribution in [0, 0.1) is 6.92 Å². The zero-order chi connectivity index (χ0) is 30.9. The second-order valence-corrected chi connectivity index (χ2v) is 14.2. The van der Waals surface area contributed by atoms with Gasteiger partial charge in [-0.3, -0.25) is 23.0 Å². The maximum Gasteiger partial charge on any atom is 0.481 e. The summed E-state index contributed by atoms with van der Waals surface area (Å²) in [7, 11) is -7.66. The molecule has 1 aliphatic rings. The fraction of sp³-hybridized carbons (Fsp3) is 0.500. The van der Waals surface area contributed by atoms with Crippen LogP contribution in [0.4, 0.5) is 10.2 Å². The Morgan fingerprint density at radius 1 is 1.26 bits per heavy atom. The zero-order valence-electron chi connectivity index (χ0n) is 23.5. The van der Waals surface area contributed by atoms with Gasteiger partial charge in [-0.05, 0) is 26.3 Å². The van der Waals surface area contributed by atoms with E-state index in [9.17, 15) is 19.0 Å². The summed E-state index contributed by atoms with van der Waals surface area (Å²) in [5.74, 6) is -0.338. The van der Waals surface area contributed by atoms with Gasteiger partial charge >= 0.3 is 13.8 Å². The Balaban J connectivity index is 1.38. The van der Waals surface area contributed by atoms with E-state index >= 15 is 4.39 Å². The number of carbonyl (C=O) groups is 1. The molecular weight excluding hydrogens is 597 g/mol. The number of nitrogens with zero attached hydrogens (tertiary/aromatic N) is 4. The Labute approximate surface area is 241 Å². The Morgan fingerprint density at radius 3 is 2.62 bits per heavy atom. The van der Waals surface area contributed by atoms with Gasteiger partial charge in [0.25, 0.3) is 7.52 Å². The molecule has 0 saturated carbocycles. The second kappa shape index (κ2) is 12.4. The Morgan fingerprint density at radius 2 is 1.95 bits per heavy atom. The molecule has 3 unspecified atom stereocenters. The van der Waals surface area contributed by atoms with Gasteiger partial charge in [0.2, 0.25) is 0 Å². The van der Waals surface area contributed by atoms with E-state index in [1.54, 1.807) is 31.2 Å². The average Bonchev–Trinajstić information content (AvgIpc) is 3.46. The number of aliphatic hydroxyl groups excluding tert-OH is 1. The summed E-state index contributed by atoms with van der Waals surface area (Å²) >= 11 is 0. The molecule has 3 aromatic rings. The number of nitrogens with one attached hydrogen (secondary N) is 1. The number of imidazole rings is 1. The number of hydrogen-bond acceptors (Lipinski definition) is 13. The zero-order valence-corrected chi connectivity index (χ0v) is 25.3. The molecule has 18 heteroatoms. The molecule has 0 amide bonds. The summed E-state index contributed by atoms with van der Waals surface area (Å²) in [4.78, 5) is 25.0. The lowest BCUT2D eigenvalue weighted by atomic mass is 10.1. The molecule has 1 saturated heterocycles. The number of phosphoric ester groups is 1. The van der Waals surface area contributed by atoms with E-state index in [4.69, 9.17) is 28.6 Å². The number of benzene rings is 1. The number of rotatable bonds is 12. The van der Waals surface area contributed by atoms with Crippen molar-refractivity contribution in [2.24, 2.45) is 0 Å². The molecule has 4 N–H and O–H groups in total. The number of anilines is 1. The molecule has 42 heavy (non-hydrogen) atoms. The standard InChI is InChI=1S/C24H33FN6O9P2/c1-14-28-20(26)18-21(29-14)31(13-27-18)22-17(25)19(32)16(39-22)12-38-42(35,36-4)40-41(5,34)30-24(2,3)23(33)37-11-15-9-7-6-8-10-15/h6-10,13,16-17,19,22,32H,11-12H2,1-5H3,(H,30,34)(H2,26,28,29)/t16-,17-,19?,22-,41?,42?/m1/s1. The molecule has 1 aliphatic heterocycles. The first-order chi connectivity index (χ1) is 19.6. The first-order valence-electron chi connectivity index (χ1n) is 12.7. The molecule has 0 spiro atoms. The number of nitrogens with two attached hydrogens (primary N) is 1. The number of phosphoric acid groups is 1. The van der Waals surface area contributed by atoms with Crippen LogP contribution in [0.5, 0.6) is 0 Å². The number of aryl methyl sites for hydroxylation is 1. The number of carbonyl (C=O) groups excluding carboxylic acids is 1. The van der Waals surface area contributed by atoms with Gasteiger partial charge in [-0.1, -0.05) is 30.3 Å². The topological polar surface area (TPSA) is 199 Å². The van der Waals surface area contributed by atoms with Crippen molar-refractivity contribution in [1.82, 2.24) is 24.6 Å². The van der Waals surface area contributed by atoms with Crippen LogP contribution in [-0.2, 0) is 43.4 Å². The Bertz CT molecular complexity index is 1520. The first kappa shape index (κ1) is 32.1. The molecule has 15 nitrogen and oxygen atoms in total. The lowest BCUT2D eigenvalue weighted by Gasteiger charge is -2.29. The van der Waals surface area contributed by atoms with Crippen LogP contribution in [0.25, 0.3) is 11.2 Å². The van der Waals surface area contributed by atoms with E-state index < -0.39 is 58.1 Å². The largest absolute Gasteiger partial charge is 0.481 e. The van der Waals surface area contributed by atoms with Crippen LogP contribution in [0.1, 0.15) is 31.5 Å². The Kier molecular flexibility index (Phi) is 9.50. The maximum atomic E-state index is 15.1. The molecule has 4 rings (SSSR count). The smallest absolute Gasteiger partial charge is 0.459 e. The monoisotopic (exact) mass is 630 g/mol. The molecule has 1 fully saturated rings. The third-order valence-electron chi connectivity index (χ3n) is 6.21. The van der Waals surface area contributed by atoms with Crippen molar-refractivity contribution in [2.75, 3.05) is 26.1 Å². The summed E-state index contributed by atoms with van der Waals surface area (Å²) in [6.45, 7) is 4.79. The SMILES string of the molecule is COP(=O)(OC[C@H]1O[C@@H](n2cnc3c(N)nc(C)nc32)[C@H](F)C1O)OP(C)(=O)NC(C)(C)C(=O)OCc1ccccc1. The number of aliphatic hydroxyl groups is 1. The minimum atomic E-state index is -4.58. The molecule has 1 aromatic carbocycles. The van der Waals surface area contributed by atoms with Gasteiger partial charge in [0.05, 0.1) is 12.9 Å². The number of aromatic nitrogens is 4. The van der Waals surface area contributed by atoms with Gasteiger partial charge in [0, 0.05) is 13.8 Å². The van der Waals surface area contributed by atoms with E-state index in [2.05, 4.69) is 20.0 Å². The number of halogens is 1. The average molecular weight is 631 g/mol. The number of ether oxygens (including phenoxy) is 2.